The average Bonchev–Trinajstić information content (AvgIpc) is 2.59. The van der Waals surface area contributed by atoms with E-state index in [1.54, 1.807) is 25.4 Å². The van der Waals surface area contributed by atoms with Crippen LogP contribution in [-0.4, -0.2) is 50.1 Å². The van der Waals surface area contributed by atoms with Gasteiger partial charge in [-0.2, -0.15) is 0 Å². The fourth-order valence-corrected chi connectivity index (χ4v) is 2.15. The van der Waals surface area contributed by atoms with Crippen LogP contribution in [-0.2, 0) is 0 Å². The van der Waals surface area contributed by atoms with Crippen LogP contribution in [0.25, 0.3) is 0 Å². The second kappa shape index (κ2) is 8.88. The van der Waals surface area contributed by atoms with E-state index in [-0.39, 0.29) is 5.91 Å². The van der Waals surface area contributed by atoms with Gasteiger partial charge in [0.2, 0.25) is 0 Å². The molecule has 1 heterocycles. The summed E-state index contributed by atoms with van der Waals surface area (Å²) in [7, 11) is 5.66. The number of amides is 1. The zero-order chi connectivity index (χ0) is 17.4. The fourth-order valence-electron chi connectivity index (χ4n) is 2.15. The Balaban J connectivity index is 1.88. The minimum absolute atomic E-state index is 0.103. The number of aromatic nitrogens is 1. The molecule has 0 fully saturated rings. The van der Waals surface area contributed by atoms with Crippen molar-refractivity contribution in [3.8, 4) is 5.75 Å². The highest BCUT2D eigenvalue weighted by molar-refractivity contribution is 5.94. The molecular formula is C18H24N4O2. The predicted octanol–water partition coefficient (Wildman–Crippen LogP) is 2.52. The summed E-state index contributed by atoms with van der Waals surface area (Å²) in [6.45, 7) is 1.60. The summed E-state index contributed by atoms with van der Waals surface area (Å²) in [6.07, 6.45) is 2.49. The lowest BCUT2D eigenvalue weighted by Gasteiger charge is -2.10. The van der Waals surface area contributed by atoms with Crippen molar-refractivity contribution in [2.45, 2.75) is 6.42 Å². The second-order valence-corrected chi connectivity index (χ2v) is 5.70. The molecule has 128 valence electrons. The lowest BCUT2D eigenvalue weighted by molar-refractivity contribution is 0.0952. The van der Waals surface area contributed by atoms with E-state index in [0.717, 1.165) is 24.4 Å². The molecule has 0 bridgehead atoms. The molecule has 0 saturated carbocycles. The molecule has 0 radical (unpaired) electrons. The number of ether oxygens (including phenoxy) is 1. The quantitative estimate of drug-likeness (QED) is 0.729. The number of anilines is 2. The number of carbonyl (C=O) groups excluding carboxylic acids is 1. The Labute approximate surface area is 142 Å². The first-order valence-corrected chi connectivity index (χ1v) is 7.88. The molecular weight excluding hydrogens is 304 g/mol. The number of pyridine rings is 1. The number of benzene rings is 1. The van der Waals surface area contributed by atoms with Gasteiger partial charge in [0.05, 0.1) is 12.7 Å². The molecule has 6 heteroatoms. The van der Waals surface area contributed by atoms with Crippen molar-refractivity contribution in [2.75, 3.05) is 39.6 Å². The van der Waals surface area contributed by atoms with Gasteiger partial charge in [-0.15, -0.1) is 0 Å². The third kappa shape index (κ3) is 5.55. The third-order valence-electron chi connectivity index (χ3n) is 3.44. The Kier molecular flexibility index (Phi) is 6.57. The van der Waals surface area contributed by atoms with Crippen molar-refractivity contribution < 1.29 is 9.53 Å². The number of nitrogens with one attached hydrogen (secondary N) is 2. The first kappa shape index (κ1) is 17.7. The van der Waals surface area contributed by atoms with Gasteiger partial charge in [0, 0.05) is 24.5 Å². The molecule has 1 aromatic heterocycles. The smallest absolute Gasteiger partial charge is 0.252 e. The van der Waals surface area contributed by atoms with E-state index in [2.05, 4.69) is 20.5 Å². The van der Waals surface area contributed by atoms with Crippen LogP contribution in [0.5, 0.6) is 5.75 Å². The van der Waals surface area contributed by atoms with E-state index in [1.165, 1.54) is 0 Å². The number of hydrogen-bond donors (Lipinski definition) is 2. The molecule has 6 nitrogen and oxygen atoms in total. The number of nitrogens with zero attached hydrogens (tertiary/aromatic N) is 2. The van der Waals surface area contributed by atoms with Crippen molar-refractivity contribution >= 4 is 17.4 Å². The first-order valence-electron chi connectivity index (χ1n) is 7.88. The van der Waals surface area contributed by atoms with Crippen molar-refractivity contribution in [1.82, 2.24) is 15.2 Å². The maximum absolute atomic E-state index is 12.0. The Morgan fingerprint density at radius 2 is 2.08 bits per heavy atom. The zero-order valence-corrected chi connectivity index (χ0v) is 14.4. The highest BCUT2D eigenvalue weighted by Gasteiger charge is 2.06. The Bertz CT molecular complexity index is 656. The van der Waals surface area contributed by atoms with Gasteiger partial charge in [-0.3, -0.25) is 4.79 Å². The molecule has 24 heavy (non-hydrogen) atoms. The maximum atomic E-state index is 12.0. The standard InChI is InChI=1S/C18H24N4O2/c1-22(2)11-5-10-19-18(23)14-8-9-17(20-13-14)21-15-6-4-7-16(12-15)24-3/h4,6-9,12-13H,5,10-11H2,1-3H3,(H,19,23)(H,20,21). The summed E-state index contributed by atoms with van der Waals surface area (Å²) >= 11 is 0. The van der Waals surface area contributed by atoms with E-state index >= 15 is 0 Å². The number of methoxy groups -OCH3 is 1. The van der Waals surface area contributed by atoms with Gasteiger partial charge in [-0.1, -0.05) is 6.07 Å². The lowest BCUT2D eigenvalue weighted by atomic mass is 10.2. The van der Waals surface area contributed by atoms with Crippen molar-refractivity contribution in [3.63, 3.8) is 0 Å². The number of rotatable bonds is 8. The summed E-state index contributed by atoms with van der Waals surface area (Å²) < 4.78 is 5.19. The minimum atomic E-state index is -0.103. The normalized spacial score (nSPS) is 10.5. The zero-order valence-electron chi connectivity index (χ0n) is 14.4. The summed E-state index contributed by atoms with van der Waals surface area (Å²) in [5, 5.41) is 6.08. The summed E-state index contributed by atoms with van der Waals surface area (Å²) in [5.74, 6) is 1.34. The van der Waals surface area contributed by atoms with Gasteiger partial charge in [0.1, 0.15) is 11.6 Å². The molecule has 2 rings (SSSR count). The Hall–Kier alpha value is -2.60. The first-order chi connectivity index (χ1) is 11.6. The third-order valence-corrected chi connectivity index (χ3v) is 3.44. The summed E-state index contributed by atoms with van der Waals surface area (Å²) in [4.78, 5) is 18.4. The topological polar surface area (TPSA) is 66.5 Å². The van der Waals surface area contributed by atoms with Crippen LogP contribution in [0.2, 0.25) is 0 Å². The van der Waals surface area contributed by atoms with Gasteiger partial charge in [-0.25, -0.2) is 4.98 Å². The van der Waals surface area contributed by atoms with E-state index in [9.17, 15) is 4.79 Å². The highest BCUT2D eigenvalue weighted by Crippen LogP contribution is 2.20. The highest BCUT2D eigenvalue weighted by atomic mass is 16.5. The molecule has 1 amide bonds. The van der Waals surface area contributed by atoms with Crippen LogP contribution in [0.1, 0.15) is 16.8 Å². The molecule has 0 aliphatic heterocycles. The van der Waals surface area contributed by atoms with Crippen LogP contribution in [0.3, 0.4) is 0 Å². The van der Waals surface area contributed by atoms with Crippen LogP contribution in [0, 0.1) is 0 Å². The molecule has 2 N–H and O–H groups in total. The van der Waals surface area contributed by atoms with E-state index in [0.29, 0.717) is 17.9 Å². The van der Waals surface area contributed by atoms with Gasteiger partial charge < -0.3 is 20.3 Å². The Morgan fingerprint density at radius 3 is 2.75 bits per heavy atom. The van der Waals surface area contributed by atoms with Gasteiger partial charge >= 0.3 is 0 Å². The van der Waals surface area contributed by atoms with Crippen LogP contribution >= 0.6 is 0 Å². The van der Waals surface area contributed by atoms with Crippen LogP contribution in [0.15, 0.2) is 42.6 Å². The monoisotopic (exact) mass is 328 g/mol. The SMILES string of the molecule is COc1cccc(Nc2ccc(C(=O)NCCCN(C)C)cn2)c1. The van der Waals surface area contributed by atoms with E-state index in [1.807, 2.05) is 38.4 Å². The lowest BCUT2D eigenvalue weighted by Crippen LogP contribution is -2.27. The molecule has 1 aromatic carbocycles. The number of carbonyl (C=O) groups is 1. The van der Waals surface area contributed by atoms with Crippen molar-refractivity contribution in [1.29, 1.82) is 0 Å². The second-order valence-electron chi connectivity index (χ2n) is 5.70. The van der Waals surface area contributed by atoms with E-state index in [4.69, 9.17) is 4.74 Å². The molecule has 0 saturated heterocycles. The molecule has 0 aliphatic carbocycles. The molecule has 2 aromatic rings. The predicted molar refractivity (Wildman–Crippen MR) is 96.0 cm³/mol. The van der Waals surface area contributed by atoms with Crippen LogP contribution < -0.4 is 15.4 Å². The minimum Gasteiger partial charge on any atom is -0.497 e. The molecule has 0 unspecified atom stereocenters. The Morgan fingerprint density at radius 1 is 1.25 bits per heavy atom. The molecule has 0 aliphatic rings. The largest absolute Gasteiger partial charge is 0.497 e. The average molecular weight is 328 g/mol. The van der Waals surface area contributed by atoms with Gasteiger partial charge in [0.15, 0.2) is 0 Å². The van der Waals surface area contributed by atoms with Crippen molar-refractivity contribution in [3.05, 3.63) is 48.2 Å². The van der Waals surface area contributed by atoms with Gasteiger partial charge in [-0.05, 0) is 51.3 Å². The van der Waals surface area contributed by atoms with E-state index < -0.39 is 0 Å². The summed E-state index contributed by atoms with van der Waals surface area (Å²) in [6, 6.07) is 11.1. The fraction of sp³-hybridized carbons (Fsp3) is 0.333. The van der Waals surface area contributed by atoms with Crippen LogP contribution in [0.4, 0.5) is 11.5 Å². The van der Waals surface area contributed by atoms with Gasteiger partial charge in [0.25, 0.3) is 5.91 Å². The van der Waals surface area contributed by atoms with Crippen molar-refractivity contribution in [2.24, 2.45) is 0 Å². The number of hydrogen-bond acceptors (Lipinski definition) is 5. The summed E-state index contributed by atoms with van der Waals surface area (Å²) in [5.41, 5.74) is 1.43. The maximum Gasteiger partial charge on any atom is 0.252 e. The molecule has 0 spiro atoms. The molecule has 0 atom stereocenters.